The Labute approximate surface area is 172 Å². The molecule has 3 heterocycles. The van der Waals surface area contributed by atoms with E-state index in [9.17, 15) is 9.59 Å². The summed E-state index contributed by atoms with van der Waals surface area (Å²) in [6.07, 6.45) is 3.28. The van der Waals surface area contributed by atoms with Crippen LogP contribution in [0.25, 0.3) is 11.5 Å². The van der Waals surface area contributed by atoms with Crippen LogP contribution in [-0.2, 0) is 22.6 Å². The van der Waals surface area contributed by atoms with Crippen molar-refractivity contribution in [2.24, 2.45) is 0 Å². The van der Waals surface area contributed by atoms with Crippen molar-refractivity contribution in [1.82, 2.24) is 15.1 Å². The van der Waals surface area contributed by atoms with Gasteiger partial charge in [0.1, 0.15) is 0 Å². The minimum Gasteiger partial charge on any atom is -0.421 e. The van der Waals surface area contributed by atoms with Crippen molar-refractivity contribution < 1.29 is 14.0 Å². The summed E-state index contributed by atoms with van der Waals surface area (Å²) >= 11 is 1.56. The maximum Gasteiger partial charge on any atom is 0.248 e. The van der Waals surface area contributed by atoms with Gasteiger partial charge in [-0.1, -0.05) is 12.1 Å². The van der Waals surface area contributed by atoms with Crippen molar-refractivity contribution in [3.05, 3.63) is 52.5 Å². The second kappa shape index (κ2) is 9.00. The largest absolute Gasteiger partial charge is 0.421 e. The van der Waals surface area contributed by atoms with E-state index < -0.39 is 0 Å². The van der Waals surface area contributed by atoms with E-state index in [0.717, 1.165) is 36.2 Å². The standard InChI is InChI=1S/C21H22N4O3S/c26-18(7-8-19-23-24-21(28-19)16-9-11-29-14-16)22-17-5-3-4-15(12-17)13-25-10-2-1-6-20(25)27/h3-5,9,11-12,14H,1-2,6-8,10,13H2,(H,22,26). The van der Waals surface area contributed by atoms with Crippen LogP contribution in [-0.4, -0.2) is 33.5 Å². The Morgan fingerprint density at radius 3 is 3.00 bits per heavy atom. The van der Waals surface area contributed by atoms with E-state index in [1.807, 2.05) is 46.0 Å². The highest BCUT2D eigenvalue weighted by atomic mass is 32.1. The van der Waals surface area contributed by atoms with Gasteiger partial charge in [-0.2, -0.15) is 11.3 Å². The summed E-state index contributed by atoms with van der Waals surface area (Å²) in [6, 6.07) is 9.55. The average molecular weight is 410 g/mol. The van der Waals surface area contributed by atoms with Crippen LogP contribution in [0, 0.1) is 0 Å². The normalized spacial score (nSPS) is 14.2. The third-order valence-corrected chi connectivity index (χ3v) is 5.49. The van der Waals surface area contributed by atoms with Crippen molar-refractivity contribution in [2.75, 3.05) is 11.9 Å². The Balaban J connectivity index is 1.30. The zero-order valence-corrected chi connectivity index (χ0v) is 16.8. The maximum absolute atomic E-state index is 12.3. The Bertz CT molecular complexity index is 983. The van der Waals surface area contributed by atoms with E-state index >= 15 is 0 Å². The van der Waals surface area contributed by atoms with Crippen LogP contribution < -0.4 is 5.32 Å². The minimum absolute atomic E-state index is 0.119. The molecule has 2 amide bonds. The number of nitrogens with one attached hydrogen (secondary N) is 1. The Hall–Kier alpha value is -3.00. The van der Waals surface area contributed by atoms with Gasteiger partial charge in [-0.3, -0.25) is 9.59 Å². The van der Waals surface area contributed by atoms with Crippen LogP contribution in [0.1, 0.15) is 37.1 Å². The second-order valence-electron chi connectivity index (χ2n) is 7.03. The van der Waals surface area contributed by atoms with Gasteiger partial charge in [0.2, 0.25) is 23.6 Å². The molecule has 8 heteroatoms. The van der Waals surface area contributed by atoms with Crippen LogP contribution in [0.4, 0.5) is 5.69 Å². The van der Waals surface area contributed by atoms with Gasteiger partial charge in [-0.15, -0.1) is 10.2 Å². The molecule has 1 N–H and O–H groups in total. The van der Waals surface area contributed by atoms with Crippen molar-refractivity contribution in [3.63, 3.8) is 0 Å². The van der Waals surface area contributed by atoms with E-state index in [0.29, 0.717) is 31.2 Å². The molecule has 0 aliphatic carbocycles. The summed E-state index contributed by atoms with van der Waals surface area (Å²) in [6.45, 7) is 1.38. The van der Waals surface area contributed by atoms with E-state index in [4.69, 9.17) is 4.42 Å². The molecule has 150 valence electrons. The molecular weight excluding hydrogens is 388 g/mol. The highest BCUT2D eigenvalue weighted by molar-refractivity contribution is 7.08. The summed E-state index contributed by atoms with van der Waals surface area (Å²) in [5.74, 6) is 0.999. The molecule has 1 saturated heterocycles. The van der Waals surface area contributed by atoms with Crippen LogP contribution >= 0.6 is 11.3 Å². The Kier molecular flexibility index (Phi) is 6.00. The lowest BCUT2D eigenvalue weighted by molar-refractivity contribution is -0.133. The molecule has 0 saturated carbocycles. The first-order chi connectivity index (χ1) is 14.2. The number of anilines is 1. The highest BCUT2D eigenvalue weighted by Gasteiger charge is 2.18. The molecule has 0 atom stereocenters. The van der Waals surface area contributed by atoms with Crippen LogP contribution in [0.5, 0.6) is 0 Å². The minimum atomic E-state index is -0.119. The Morgan fingerprint density at radius 1 is 1.24 bits per heavy atom. The predicted molar refractivity (Wildman–Crippen MR) is 110 cm³/mol. The van der Waals surface area contributed by atoms with Crippen molar-refractivity contribution in [2.45, 2.75) is 38.6 Å². The van der Waals surface area contributed by atoms with Gasteiger partial charge in [0, 0.05) is 49.0 Å². The lowest BCUT2D eigenvalue weighted by atomic mass is 10.1. The number of carbonyl (C=O) groups is 2. The first-order valence-corrected chi connectivity index (χ1v) is 10.6. The molecule has 3 aromatic rings. The fourth-order valence-corrected chi connectivity index (χ4v) is 3.93. The van der Waals surface area contributed by atoms with Crippen molar-refractivity contribution in [1.29, 1.82) is 0 Å². The molecule has 0 unspecified atom stereocenters. The number of carbonyl (C=O) groups excluding carboxylic acids is 2. The molecule has 1 fully saturated rings. The quantitative estimate of drug-likeness (QED) is 0.639. The van der Waals surface area contributed by atoms with E-state index in [1.165, 1.54) is 0 Å². The number of rotatable bonds is 7. The van der Waals surface area contributed by atoms with Gasteiger partial charge in [-0.05, 0) is 42.0 Å². The molecule has 0 bridgehead atoms. The fourth-order valence-electron chi connectivity index (χ4n) is 3.30. The molecule has 1 aliphatic rings. The molecule has 0 radical (unpaired) electrons. The molecule has 4 rings (SSSR count). The van der Waals surface area contributed by atoms with E-state index in [-0.39, 0.29) is 18.2 Å². The molecule has 1 aliphatic heterocycles. The number of benzene rings is 1. The van der Waals surface area contributed by atoms with E-state index in [1.54, 1.807) is 11.3 Å². The molecule has 7 nitrogen and oxygen atoms in total. The fraction of sp³-hybridized carbons (Fsp3) is 0.333. The lowest BCUT2D eigenvalue weighted by Crippen LogP contribution is -2.34. The predicted octanol–water partition coefficient (Wildman–Crippen LogP) is 3.88. The van der Waals surface area contributed by atoms with Crippen molar-refractivity contribution in [3.8, 4) is 11.5 Å². The van der Waals surface area contributed by atoms with Gasteiger partial charge in [0.15, 0.2) is 0 Å². The zero-order valence-electron chi connectivity index (χ0n) is 16.0. The van der Waals surface area contributed by atoms with E-state index in [2.05, 4.69) is 15.5 Å². The zero-order chi connectivity index (χ0) is 20.1. The summed E-state index contributed by atoms with van der Waals surface area (Å²) < 4.78 is 5.61. The summed E-state index contributed by atoms with van der Waals surface area (Å²) in [5, 5.41) is 14.8. The van der Waals surface area contributed by atoms with Crippen LogP contribution in [0.15, 0.2) is 45.5 Å². The summed E-state index contributed by atoms with van der Waals surface area (Å²) in [7, 11) is 0. The number of nitrogens with zero attached hydrogens (tertiary/aromatic N) is 3. The third kappa shape index (κ3) is 5.08. The smallest absolute Gasteiger partial charge is 0.248 e. The number of piperidine rings is 1. The SMILES string of the molecule is O=C(CCc1nnc(-c2ccsc2)o1)Nc1cccc(CN2CCCCC2=O)c1. The lowest BCUT2D eigenvalue weighted by Gasteiger charge is -2.26. The summed E-state index contributed by atoms with van der Waals surface area (Å²) in [4.78, 5) is 26.2. The maximum atomic E-state index is 12.3. The molecule has 29 heavy (non-hydrogen) atoms. The average Bonchev–Trinajstić information content (AvgIpc) is 3.40. The number of likely N-dealkylation sites (tertiary alicyclic amines) is 1. The van der Waals surface area contributed by atoms with Gasteiger partial charge in [-0.25, -0.2) is 0 Å². The first kappa shape index (κ1) is 19.3. The van der Waals surface area contributed by atoms with Crippen LogP contribution in [0.3, 0.4) is 0 Å². The Morgan fingerprint density at radius 2 is 2.17 bits per heavy atom. The molecule has 0 spiro atoms. The third-order valence-electron chi connectivity index (χ3n) is 4.81. The van der Waals surface area contributed by atoms with Crippen LogP contribution in [0.2, 0.25) is 0 Å². The second-order valence-corrected chi connectivity index (χ2v) is 7.81. The highest BCUT2D eigenvalue weighted by Crippen LogP contribution is 2.21. The molecule has 1 aromatic carbocycles. The number of thiophene rings is 1. The number of hydrogen-bond donors (Lipinski definition) is 1. The van der Waals surface area contributed by atoms with Crippen molar-refractivity contribution >= 4 is 28.8 Å². The number of aryl methyl sites for hydroxylation is 1. The molecular formula is C21H22N4O3S. The van der Waals surface area contributed by atoms with Gasteiger partial charge < -0.3 is 14.6 Å². The topological polar surface area (TPSA) is 88.3 Å². The van der Waals surface area contributed by atoms with Gasteiger partial charge >= 0.3 is 0 Å². The summed E-state index contributed by atoms with van der Waals surface area (Å²) in [5.41, 5.74) is 2.62. The molecule has 2 aromatic heterocycles. The number of aromatic nitrogens is 2. The monoisotopic (exact) mass is 410 g/mol. The number of hydrogen-bond acceptors (Lipinski definition) is 6. The first-order valence-electron chi connectivity index (χ1n) is 9.69. The van der Waals surface area contributed by atoms with Gasteiger partial charge in [0.05, 0.1) is 0 Å². The number of amides is 2. The van der Waals surface area contributed by atoms with Gasteiger partial charge in [0.25, 0.3) is 0 Å².